The van der Waals surface area contributed by atoms with Gasteiger partial charge in [0.15, 0.2) is 0 Å². The highest BCUT2D eigenvalue weighted by atomic mass is 32.2. The van der Waals surface area contributed by atoms with Gasteiger partial charge in [-0.05, 0) is 37.1 Å². The molecule has 1 atom stereocenters. The largest absolute Gasteiger partial charge is 0.454 e. The van der Waals surface area contributed by atoms with Gasteiger partial charge in [-0.2, -0.15) is 4.31 Å². The second-order valence-corrected chi connectivity index (χ2v) is 8.36. The summed E-state index contributed by atoms with van der Waals surface area (Å²) in [4.78, 5) is 12.7. The Kier molecular flexibility index (Phi) is 5.94. The van der Waals surface area contributed by atoms with E-state index >= 15 is 0 Å². The van der Waals surface area contributed by atoms with Crippen LogP contribution in [0.3, 0.4) is 0 Å². The maximum atomic E-state index is 12.9. The SMILES string of the molecule is Cc1ccc(C(=O)OC(C)c2ccccc2)cc1S(=O)(=O)N1CCOCC1. The van der Waals surface area contributed by atoms with E-state index in [4.69, 9.17) is 9.47 Å². The van der Waals surface area contributed by atoms with E-state index in [-0.39, 0.29) is 10.5 Å². The number of aryl methyl sites for hydroxylation is 1. The molecule has 2 aromatic carbocycles. The van der Waals surface area contributed by atoms with Crippen molar-refractivity contribution in [2.24, 2.45) is 0 Å². The van der Waals surface area contributed by atoms with Crippen molar-refractivity contribution in [2.45, 2.75) is 24.8 Å². The van der Waals surface area contributed by atoms with Crippen molar-refractivity contribution >= 4 is 16.0 Å². The van der Waals surface area contributed by atoms with E-state index in [1.807, 2.05) is 30.3 Å². The molecule has 0 amide bonds. The van der Waals surface area contributed by atoms with Crippen LogP contribution in [0.4, 0.5) is 0 Å². The molecule has 1 aliphatic rings. The minimum atomic E-state index is -3.68. The lowest BCUT2D eigenvalue weighted by Gasteiger charge is -2.26. The number of ether oxygens (including phenoxy) is 2. The number of hydrogen-bond donors (Lipinski definition) is 0. The standard InChI is InChI=1S/C20H23NO5S/c1-15-8-9-18(20(22)26-16(2)17-6-4-3-5-7-17)14-19(15)27(23,24)21-10-12-25-13-11-21/h3-9,14,16H,10-13H2,1-2H3. The second-order valence-electron chi connectivity index (χ2n) is 6.45. The van der Waals surface area contributed by atoms with Gasteiger partial charge in [-0.3, -0.25) is 0 Å². The molecule has 3 rings (SSSR count). The molecule has 0 aliphatic carbocycles. The van der Waals surface area contributed by atoms with E-state index in [1.54, 1.807) is 26.0 Å². The average molecular weight is 389 g/mol. The van der Waals surface area contributed by atoms with Crippen LogP contribution in [0.5, 0.6) is 0 Å². The van der Waals surface area contributed by atoms with Crippen LogP contribution in [0, 0.1) is 6.92 Å². The number of carbonyl (C=O) groups is 1. The Morgan fingerprint density at radius 1 is 1.11 bits per heavy atom. The van der Waals surface area contributed by atoms with Gasteiger partial charge >= 0.3 is 5.97 Å². The topological polar surface area (TPSA) is 72.9 Å². The number of hydrogen-bond acceptors (Lipinski definition) is 5. The maximum Gasteiger partial charge on any atom is 0.338 e. The molecule has 27 heavy (non-hydrogen) atoms. The van der Waals surface area contributed by atoms with Gasteiger partial charge in [-0.15, -0.1) is 0 Å². The van der Waals surface area contributed by atoms with Crippen LogP contribution in [0.2, 0.25) is 0 Å². The van der Waals surface area contributed by atoms with Crippen LogP contribution in [-0.2, 0) is 19.5 Å². The van der Waals surface area contributed by atoms with E-state index in [9.17, 15) is 13.2 Å². The predicted molar refractivity (Wildman–Crippen MR) is 101 cm³/mol. The van der Waals surface area contributed by atoms with Crippen LogP contribution in [-0.4, -0.2) is 45.0 Å². The summed E-state index contributed by atoms with van der Waals surface area (Å²) in [5.41, 5.74) is 1.68. The van der Waals surface area contributed by atoms with Crippen molar-refractivity contribution < 1.29 is 22.7 Å². The summed E-state index contributed by atoms with van der Waals surface area (Å²) in [6.07, 6.45) is -0.431. The molecule has 0 bridgehead atoms. The number of nitrogens with zero attached hydrogens (tertiary/aromatic N) is 1. The molecule has 6 nitrogen and oxygen atoms in total. The molecule has 1 aliphatic heterocycles. The van der Waals surface area contributed by atoms with Crippen LogP contribution in [0.1, 0.15) is 34.5 Å². The second kappa shape index (κ2) is 8.21. The van der Waals surface area contributed by atoms with Gasteiger partial charge in [-0.25, -0.2) is 13.2 Å². The van der Waals surface area contributed by atoms with Gasteiger partial charge < -0.3 is 9.47 Å². The molecular formula is C20H23NO5S. The Bertz CT molecular complexity index is 905. The molecule has 0 aromatic heterocycles. The Morgan fingerprint density at radius 2 is 1.78 bits per heavy atom. The highest BCUT2D eigenvalue weighted by Gasteiger charge is 2.28. The monoisotopic (exact) mass is 389 g/mol. The molecule has 0 saturated carbocycles. The lowest BCUT2D eigenvalue weighted by molar-refractivity contribution is 0.0337. The lowest BCUT2D eigenvalue weighted by Crippen LogP contribution is -2.40. The van der Waals surface area contributed by atoms with Gasteiger partial charge in [0.05, 0.1) is 23.7 Å². The van der Waals surface area contributed by atoms with Crippen LogP contribution >= 0.6 is 0 Å². The van der Waals surface area contributed by atoms with Crippen molar-refractivity contribution in [1.82, 2.24) is 4.31 Å². The van der Waals surface area contributed by atoms with E-state index in [1.165, 1.54) is 10.4 Å². The summed E-state index contributed by atoms with van der Waals surface area (Å²) in [5.74, 6) is -0.551. The van der Waals surface area contributed by atoms with Crippen LogP contribution in [0.15, 0.2) is 53.4 Å². The molecule has 2 aromatic rings. The van der Waals surface area contributed by atoms with E-state index < -0.39 is 22.1 Å². The summed E-state index contributed by atoms with van der Waals surface area (Å²) in [5, 5.41) is 0. The third-order valence-corrected chi connectivity index (χ3v) is 6.61. The molecule has 0 spiro atoms. The summed E-state index contributed by atoms with van der Waals surface area (Å²) in [6, 6.07) is 14.0. The van der Waals surface area contributed by atoms with E-state index in [0.717, 1.165) is 5.56 Å². The Morgan fingerprint density at radius 3 is 2.44 bits per heavy atom. The lowest BCUT2D eigenvalue weighted by atomic mass is 10.1. The first kappa shape index (κ1) is 19.5. The molecule has 1 saturated heterocycles. The molecule has 144 valence electrons. The van der Waals surface area contributed by atoms with Crippen molar-refractivity contribution in [3.05, 3.63) is 65.2 Å². The smallest absolute Gasteiger partial charge is 0.338 e. The number of morpholine rings is 1. The Hall–Kier alpha value is -2.22. The zero-order valence-electron chi connectivity index (χ0n) is 15.4. The maximum absolute atomic E-state index is 12.9. The molecular weight excluding hydrogens is 366 g/mol. The predicted octanol–water partition coefficient (Wildman–Crippen LogP) is 2.93. The Balaban J connectivity index is 1.83. The highest BCUT2D eigenvalue weighted by molar-refractivity contribution is 7.89. The third-order valence-electron chi connectivity index (χ3n) is 4.56. The summed E-state index contributed by atoms with van der Waals surface area (Å²) >= 11 is 0. The molecule has 1 unspecified atom stereocenters. The zero-order chi connectivity index (χ0) is 19.4. The number of esters is 1. The van der Waals surface area contributed by atoms with Gasteiger partial charge in [0.2, 0.25) is 10.0 Å². The molecule has 0 radical (unpaired) electrons. The van der Waals surface area contributed by atoms with Crippen molar-refractivity contribution in [1.29, 1.82) is 0 Å². The van der Waals surface area contributed by atoms with Crippen molar-refractivity contribution in [2.75, 3.05) is 26.3 Å². The van der Waals surface area contributed by atoms with Gasteiger partial charge in [-0.1, -0.05) is 36.4 Å². The fourth-order valence-electron chi connectivity index (χ4n) is 2.95. The average Bonchev–Trinajstić information content (AvgIpc) is 2.69. The minimum absolute atomic E-state index is 0.131. The summed E-state index contributed by atoms with van der Waals surface area (Å²) < 4.78 is 38.0. The van der Waals surface area contributed by atoms with Gasteiger partial charge in [0.25, 0.3) is 0 Å². The van der Waals surface area contributed by atoms with Crippen LogP contribution < -0.4 is 0 Å². The van der Waals surface area contributed by atoms with E-state index in [2.05, 4.69) is 0 Å². The first-order valence-electron chi connectivity index (χ1n) is 8.84. The first-order chi connectivity index (χ1) is 12.9. The van der Waals surface area contributed by atoms with Crippen molar-refractivity contribution in [3.63, 3.8) is 0 Å². The summed E-state index contributed by atoms with van der Waals surface area (Å²) in [6.45, 7) is 4.86. The van der Waals surface area contributed by atoms with Gasteiger partial charge in [0.1, 0.15) is 6.10 Å². The fourth-order valence-corrected chi connectivity index (χ4v) is 4.61. The normalized spacial score (nSPS) is 16.7. The molecule has 7 heteroatoms. The summed E-state index contributed by atoms with van der Waals surface area (Å²) in [7, 11) is -3.68. The van der Waals surface area contributed by atoms with Crippen molar-refractivity contribution in [3.8, 4) is 0 Å². The number of carbonyl (C=O) groups excluding carboxylic acids is 1. The third kappa shape index (κ3) is 4.37. The Labute approximate surface area is 159 Å². The number of rotatable bonds is 5. The fraction of sp³-hybridized carbons (Fsp3) is 0.350. The van der Waals surface area contributed by atoms with E-state index in [0.29, 0.717) is 31.9 Å². The first-order valence-corrected chi connectivity index (χ1v) is 10.3. The quantitative estimate of drug-likeness (QED) is 0.735. The van der Waals surface area contributed by atoms with Gasteiger partial charge in [0, 0.05) is 13.1 Å². The molecule has 1 heterocycles. The molecule has 0 N–H and O–H groups in total. The highest BCUT2D eigenvalue weighted by Crippen LogP contribution is 2.24. The number of sulfonamides is 1. The minimum Gasteiger partial charge on any atom is -0.454 e. The molecule has 1 fully saturated rings. The number of benzene rings is 2. The zero-order valence-corrected chi connectivity index (χ0v) is 16.2. The van der Waals surface area contributed by atoms with Crippen LogP contribution in [0.25, 0.3) is 0 Å².